The van der Waals surface area contributed by atoms with Crippen LogP contribution in [0.5, 0.6) is 0 Å². The van der Waals surface area contributed by atoms with Crippen LogP contribution < -0.4 is 0 Å². The lowest BCUT2D eigenvalue weighted by Crippen LogP contribution is -2.30. The molecule has 0 saturated heterocycles. The van der Waals surface area contributed by atoms with Crippen LogP contribution in [0.15, 0.2) is 36.5 Å². The van der Waals surface area contributed by atoms with E-state index in [0.29, 0.717) is 19.3 Å². The van der Waals surface area contributed by atoms with E-state index in [1.54, 1.807) is 0 Å². The predicted octanol–water partition coefficient (Wildman–Crippen LogP) is 13.4. The number of carbonyl (C=O) groups is 3. The molecule has 0 aliphatic heterocycles. The molecule has 0 aliphatic rings. The fourth-order valence-electron chi connectivity index (χ4n) is 5.80. The molecule has 0 amide bonds. The Kier molecular flexibility index (Phi) is 38.5. The zero-order valence-electron chi connectivity index (χ0n) is 33.6. The maximum atomic E-state index is 12.6. The van der Waals surface area contributed by atoms with Gasteiger partial charge in [-0.3, -0.25) is 14.4 Å². The van der Waals surface area contributed by atoms with E-state index in [2.05, 4.69) is 57.2 Å². The lowest BCUT2D eigenvalue weighted by atomic mass is 10.1. The highest BCUT2D eigenvalue weighted by Gasteiger charge is 2.19. The first-order valence-corrected chi connectivity index (χ1v) is 21.5. The number of hydrogen-bond acceptors (Lipinski definition) is 6. The van der Waals surface area contributed by atoms with E-state index in [1.807, 2.05) is 0 Å². The molecule has 0 heterocycles. The van der Waals surface area contributed by atoms with Crippen LogP contribution >= 0.6 is 0 Å². The number of unbranched alkanes of at least 4 members (excludes halogenated alkanes) is 21. The highest BCUT2D eigenvalue weighted by molar-refractivity contribution is 5.71. The Balaban J connectivity index is 4.34. The summed E-state index contributed by atoms with van der Waals surface area (Å²) in [4.78, 5) is 37.5. The Bertz CT molecular complexity index is 876. The molecule has 0 spiro atoms. The van der Waals surface area contributed by atoms with Crippen molar-refractivity contribution in [1.82, 2.24) is 0 Å². The Morgan fingerprint density at radius 2 is 0.725 bits per heavy atom. The number of carbonyl (C=O) groups excluding carboxylic acids is 3. The van der Waals surface area contributed by atoms with Crippen molar-refractivity contribution in [2.75, 3.05) is 13.2 Å². The van der Waals surface area contributed by atoms with Crippen molar-refractivity contribution in [3.05, 3.63) is 36.5 Å². The smallest absolute Gasteiger partial charge is 0.306 e. The fraction of sp³-hybridized carbons (Fsp3) is 0.800. The van der Waals surface area contributed by atoms with Crippen molar-refractivity contribution in [3.8, 4) is 0 Å². The minimum absolute atomic E-state index is 0.0795. The Morgan fingerprint density at radius 1 is 0.392 bits per heavy atom. The third-order valence-electron chi connectivity index (χ3n) is 9.12. The molecule has 0 N–H and O–H groups in total. The van der Waals surface area contributed by atoms with Crippen molar-refractivity contribution in [2.45, 2.75) is 219 Å². The fourth-order valence-corrected chi connectivity index (χ4v) is 5.80. The highest BCUT2D eigenvalue weighted by Crippen LogP contribution is 2.13. The van der Waals surface area contributed by atoms with Gasteiger partial charge in [0.05, 0.1) is 0 Å². The number of esters is 3. The quantitative estimate of drug-likeness (QED) is 0.0274. The summed E-state index contributed by atoms with van der Waals surface area (Å²) < 4.78 is 16.6. The van der Waals surface area contributed by atoms with E-state index < -0.39 is 6.10 Å². The second kappa shape index (κ2) is 40.4. The maximum Gasteiger partial charge on any atom is 0.306 e. The van der Waals surface area contributed by atoms with Gasteiger partial charge in [-0.1, -0.05) is 160 Å². The molecule has 6 nitrogen and oxygen atoms in total. The molecule has 1 atom stereocenters. The number of ether oxygens (including phenoxy) is 3. The largest absolute Gasteiger partial charge is 0.462 e. The molecule has 0 bridgehead atoms. The summed E-state index contributed by atoms with van der Waals surface area (Å²) in [7, 11) is 0. The van der Waals surface area contributed by atoms with Crippen LogP contribution in [0.1, 0.15) is 213 Å². The molecule has 296 valence electrons. The molecular formula is C45H80O6. The lowest BCUT2D eigenvalue weighted by Gasteiger charge is -2.18. The van der Waals surface area contributed by atoms with Crippen LogP contribution in [-0.4, -0.2) is 37.2 Å². The van der Waals surface area contributed by atoms with E-state index in [4.69, 9.17) is 14.2 Å². The monoisotopic (exact) mass is 717 g/mol. The number of hydrogen-bond donors (Lipinski definition) is 0. The molecular weight excluding hydrogens is 636 g/mol. The third kappa shape index (κ3) is 38.7. The molecule has 0 fully saturated rings. The standard InChI is InChI=1S/C45H80O6/c1-4-7-10-13-16-18-20-21-22-23-25-26-29-32-35-38-44(47)50-41-42(40-49-43(46)37-34-31-28-15-12-9-6-3)51-45(48)39-36-33-30-27-24-19-17-14-11-8-5-2/h14,16-18,21-22,42H,4-13,15,19-20,23-41H2,1-3H3/b17-14-,18-16-,22-21-. The van der Waals surface area contributed by atoms with Crippen molar-refractivity contribution >= 4 is 17.9 Å². The zero-order chi connectivity index (χ0) is 37.3. The van der Waals surface area contributed by atoms with Gasteiger partial charge >= 0.3 is 17.9 Å². The van der Waals surface area contributed by atoms with Crippen LogP contribution in [0.25, 0.3) is 0 Å². The van der Waals surface area contributed by atoms with Gasteiger partial charge in [0.25, 0.3) is 0 Å². The van der Waals surface area contributed by atoms with Crippen molar-refractivity contribution in [3.63, 3.8) is 0 Å². The minimum Gasteiger partial charge on any atom is -0.462 e. The average Bonchev–Trinajstić information content (AvgIpc) is 3.12. The summed E-state index contributed by atoms with van der Waals surface area (Å²) in [6.07, 6.45) is 44.2. The summed E-state index contributed by atoms with van der Waals surface area (Å²) >= 11 is 0. The first-order chi connectivity index (χ1) is 25.0. The van der Waals surface area contributed by atoms with Crippen molar-refractivity contribution in [2.24, 2.45) is 0 Å². The molecule has 0 rings (SSSR count). The van der Waals surface area contributed by atoms with E-state index in [-0.39, 0.29) is 31.1 Å². The molecule has 0 aromatic carbocycles. The second-order valence-corrected chi connectivity index (χ2v) is 14.3. The summed E-state index contributed by atoms with van der Waals surface area (Å²) in [5.41, 5.74) is 0. The number of rotatable bonds is 38. The molecule has 0 aromatic heterocycles. The first-order valence-electron chi connectivity index (χ1n) is 21.5. The highest BCUT2D eigenvalue weighted by atomic mass is 16.6. The van der Waals surface area contributed by atoms with Gasteiger partial charge in [0.2, 0.25) is 0 Å². The summed E-state index contributed by atoms with van der Waals surface area (Å²) in [5, 5.41) is 0. The third-order valence-corrected chi connectivity index (χ3v) is 9.12. The average molecular weight is 717 g/mol. The molecule has 0 radical (unpaired) electrons. The van der Waals surface area contributed by atoms with Gasteiger partial charge < -0.3 is 14.2 Å². The van der Waals surface area contributed by atoms with Gasteiger partial charge in [-0.15, -0.1) is 0 Å². The van der Waals surface area contributed by atoms with Gasteiger partial charge in [0.15, 0.2) is 6.10 Å². The van der Waals surface area contributed by atoms with Crippen LogP contribution in [0.4, 0.5) is 0 Å². The van der Waals surface area contributed by atoms with Crippen LogP contribution in [-0.2, 0) is 28.6 Å². The molecule has 0 saturated carbocycles. The van der Waals surface area contributed by atoms with Crippen molar-refractivity contribution < 1.29 is 28.6 Å². The van der Waals surface area contributed by atoms with Gasteiger partial charge in [0.1, 0.15) is 13.2 Å². The Hall–Kier alpha value is -2.37. The van der Waals surface area contributed by atoms with E-state index in [0.717, 1.165) is 89.9 Å². The van der Waals surface area contributed by atoms with Crippen molar-refractivity contribution in [1.29, 1.82) is 0 Å². The predicted molar refractivity (Wildman–Crippen MR) is 215 cm³/mol. The Labute approximate surface area is 315 Å². The summed E-state index contributed by atoms with van der Waals surface area (Å²) in [6.45, 7) is 6.49. The molecule has 0 aliphatic carbocycles. The van der Waals surface area contributed by atoms with E-state index in [1.165, 1.54) is 83.5 Å². The molecule has 1 unspecified atom stereocenters. The van der Waals surface area contributed by atoms with Crippen LogP contribution in [0.3, 0.4) is 0 Å². The van der Waals surface area contributed by atoms with Gasteiger partial charge in [-0.05, 0) is 70.6 Å². The SMILES string of the molecule is CCCC/C=C\CCCCCCCC(=O)OC(COC(=O)CCCCCCC/C=C\C/C=C\CCCCC)COC(=O)CCCCCCCCC. The summed E-state index contributed by atoms with van der Waals surface area (Å²) in [6, 6.07) is 0. The molecule has 51 heavy (non-hydrogen) atoms. The van der Waals surface area contributed by atoms with Crippen LogP contribution in [0, 0.1) is 0 Å². The van der Waals surface area contributed by atoms with E-state index >= 15 is 0 Å². The first kappa shape index (κ1) is 48.6. The summed E-state index contributed by atoms with van der Waals surface area (Å²) in [5.74, 6) is -0.913. The molecule has 6 heteroatoms. The van der Waals surface area contributed by atoms with Gasteiger partial charge in [-0.2, -0.15) is 0 Å². The topological polar surface area (TPSA) is 78.9 Å². The maximum absolute atomic E-state index is 12.6. The van der Waals surface area contributed by atoms with E-state index in [9.17, 15) is 14.4 Å². The minimum atomic E-state index is -0.774. The second-order valence-electron chi connectivity index (χ2n) is 14.3. The number of allylic oxidation sites excluding steroid dienone is 6. The van der Waals surface area contributed by atoms with Crippen LogP contribution in [0.2, 0.25) is 0 Å². The molecule has 0 aromatic rings. The normalized spacial score (nSPS) is 12.3. The van der Waals surface area contributed by atoms with Gasteiger partial charge in [0, 0.05) is 19.3 Å². The zero-order valence-corrected chi connectivity index (χ0v) is 33.6. The van der Waals surface area contributed by atoms with Gasteiger partial charge in [-0.25, -0.2) is 0 Å². The lowest BCUT2D eigenvalue weighted by molar-refractivity contribution is -0.167. The Morgan fingerprint density at radius 3 is 1.20 bits per heavy atom.